The van der Waals surface area contributed by atoms with Gasteiger partial charge in [0.15, 0.2) is 0 Å². The van der Waals surface area contributed by atoms with Gasteiger partial charge in [-0.3, -0.25) is 4.18 Å². The fourth-order valence-electron chi connectivity index (χ4n) is 3.09. The topological polar surface area (TPSA) is 66.4 Å². The Morgan fingerprint density at radius 2 is 1.08 bits per heavy atom. The van der Waals surface area contributed by atoms with Crippen LogP contribution in [0.5, 0.6) is 0 Å². The minimum Gasteiger partial charge on any atom is -0.726 e. The van der Waals surface area contributed by atoms with Crippen LogP contribution in [-0.2, 0) is 14.6 Å². The van der Waals surface area contributed by atoms with E-state index in [0.29, 0.717) is 0 Å². The van der Waals surface area contributed by atoms with Crippen LogP contribution in [0.15, 0.2) is 0 Å². The Balaban J connectivity index is 0. The molecular weight excluding hydrogens is 347 g/mol. The Hall–Kier alpha value is 0.870. The number of hydrogen-bond acceptors (Lipinski definition) is 4. The second-order valence-electron chi connectivity index (χ2n) is 7.03. The van der Waals surface area contributed by atoms with Gasteiger partial charge in [-0.2, -0.15) is 0 Å². The summed E-state index contributed by atoms with van der Waals surface area (Å²) in [5.74, 6) is 0.204. The third-order valence-electron chi connectivity index (χ3n) is 4.63. The van der Waals surface area contributed by atoms with Gasteiger partial charge in [-0.1, -0.05) is 97.3 Å². The molecule has 0 aliphatic carbocycles. The SMILES string of the molecule is CCCCCCCCCC(CCCCCCCC)COS(=O)(=O)[O-].[Na+]. The Kier molecular flexibility index (Phi) is 22.0. The molecule has 0 aliphatic rings. The van der Waals surface area contributed by atoms with Gasteiger partial charge in [0.05, 0.1) is 6.61 Å². The van der Waals surface area contributed by atoms with E-state index in [4.69, 9.17) is 0 Å². The third-order valence-corrected chi connectivity index (χ3v) is 5.05. The first-order valence-corrected chi connectivity index (χ1v) is 11.4. The molecule has 0 rings (SSSR count). The molecule has 1 atom stereocenters. The van der Waals surface area contributed by atoms with E-state index in [1.165, 1.54) is 70.6 Å². The zero-order valence-electron chi connectivity index (χ0n) is 16.9. The van der Waals surface area contributed by atoms with E-state index in [0.717, 1.165) is 25.7 Å². The van der Waals surface area contributed by atoms with Crippen LogP contribution in [0.1, 0.15) is 110 Å². The van der Waals surface area contributed by atoms with Crippen LogP contribution in [-0.4, -0.2) is 19.6 Å². The zero-order chi connectivity index (χ0) is 18.1. The van der Waals surface area contributed by atoms with Crippen LogP contribution in [0.2, 0.25) is 0 Å². The molecule has 0 amide bonds. The Labute approximate surface area is 179 Å². The Morgan fingerprint density at radius 1 is 0.720 bits per heavy atom. The molecule has 25 heavy (non-hydrogen) atoms. The van der Waals surface area contributed by atoms with Crippen molar-refractivity contribution in [1.29, 1.82) is 0 Å². The van der Waals surface area contributed by atoms with Gasteiger partial charge in [-0.15, -0.1) is 0 Å². The van der Waals surface area contributed by atoms with E-state index in [-0.39, 0.29) is 42.1 Å². The van der Waals surface area contributed by atoms with Crippen molar-refractivity contribution in [1.82, 2.24) is 0 Å². The maximum atomic E-state index is 10.7. The van der Waals surface area contributed by atoms with E-state index < -0.39 is 10.4 Å². The summed E-state index contributed by atoms with van der Waals surface area (Å²) in [5.41, 5.74) is 0. The summed E-state index contributed by atoms with van der Waals surface area (Å²) in [7, 11) is -4.56. The molecule has 0 bridgehead atoms. The van der Waals surface area contributed by atoms with Crippen LogP contribution in [0.4, 0.5) is 0 Å². The molecule has 0 aromatic rings. The summed E-state index contributed by atoms with van der Waals surface area (Å²) >= 11 is 0. The third kappa shape index (κ3) is 22.8. The molecule has 0 aromatic heterocycles. The normalized spacial score (nSPS) is 12.8. The summed E-state index contributed by atoms with van der Waals surface area (Å²) < 4.78 is 36.6. The largest absolute Gasteiger partial charge is 1.00 e. The van der Waals surface area contributed by atoms with Gasteiger partial charge in [0.2, 0.25) is 10.4 Å². The monoisotopic (exact) mass is 386 g/mol. The first kappa shape index (κ1) is 28.1. The van der Waals surface area contributed by atoms with Gasteiger partial charge in [0.25, 0.3) is 0 Å². The summed E-state index contributed by atoms with van der Waals surface area (Å²) in [4.78, 5) is 0. The minimum atomic E-state index is -4.56. The van der Waals surface area contributed by atoms with Crippen LogP contribution < -0.4 is 29.6 Å². The quantitative estimate of drug-likeness (QED) is 0.157. The molecule has 6 heteroatoms. The van der Waals surface area contributed by atoms with E-state index in [9.17, 15) is 13.0 Å². The predicted octanol–water partition coefficient (Wildman–Crippen LogP) is 2.97. The van der Waals surface area contributed by atoms with Crippen molar-refractivity contribution in [3.05, 3.63) is 0 Å². The molecule has 0 fully saturated rings. The number of hydrogen-bond donors (Lipinski definition) is 0. The Bertz CT molecular complexity index is 360. The van der Waals surface area contributed by atoms with Crippen molar-refractivity contribution in [3.63, 3.8) is 0 Å². The second kappa shape index (κ2) is 19.6. The second-order valence-corrected chi connectivity index (χ2v) is 8.08. The van der Waals surface area contributed by atoms with Gasteiger partial charge in [-0.05, 0) is 18.8 Å². The molecular formula is C19H39NaO4S. The smallest absolute Gasteiger partial charge is 0.726 e. The molecule has 0 heterocycles. The van der Waals surface area contributed by atoms with Gasteiger partial charge in [-0.25, -0.2) is 8.42 Å². The zero-order valence-corrected chi connectivity index (χ0v) is 19.7. The first-order valence-electron chi connectivity index (χ1n) is 10.1. The molecule has 0 N–H and O–H groups in total. The van der Waals surface area contributed by atoms with Gasteiger partial charge in [0, 0.05) is 0 Å². The average molecular weight is 387 g/mol. The fraction of sp³-hybridized carbons (Fsp3) is 1.00. The number of unbranched alkanes of at least 4 members (excludes halogenated alkanes) is 11. The van der Waals surface area contributed by atoms with Gasteiger partial charge in [0.1, 0.15) is 0 Å². The van der Waals surface area contributed by atoms with Crippen LogP contribution in [0.25, 0.3) is 0 Å². The summed E-state index contributed by atoms with van der Waals surface area (Å²) in [6, 6.07) is 0. The van der Waals surface area contributed by atoms with Gasteiger partial charge < -0.3 is 4.55 Å². The molecule has 0 spiro atoms. The molecule has 146 valence electrons. The number of rotatable bonds is 18. The summed E-state index contributed by atoms with van der Waals surface area (Å²) in [6.07, 6.45) is 18.0. The van der Waals surface area contributed by atoms with Crippen molar-refractivity contribution in [2.45, 2.75) is 110 Å². The average Bonchev–Trinajstić information content (AvgIpc) is 2.53. The standard InChI is InChI=1S/C19H40O4S.Na/c1-3-5-7-9-11-13-15-17-19(18-23-24(20,21)22)16-14-12-10-8-6-4-2;/h19H,3-18H2,1-2H3,(H,20,21,22);/q;+1/p-1. The van der Waals surface area contributed by atoms with Crippen molar-refractivity contribution >= 4 is 10.4 Å². The van der Waals surface area contributed by atoms with Gasteiger partial charge >= 0.3 is 29.6 Å². The van der Waals surface area contributed by atoms with Crippen LogP contribution in [0, 0.1) is 5.92 Å². The van der Waals surface area contributed by atoms with E-state index in [1.807, 2.05) is 0 Å². The molecule has 0 saturated carbocycles. The molecule has 0 aromatic carbocycles. The molecule has 0 aliphatic heterocycles. The van der Waals surface area contributed by atoms with Crippen molar-refractivity contribution in [2.24, 2.45) is 5.92 Å². The summed E-state index contributed by atoms with van der Waals surface area (Å²) in [5, 5.41) is 0. The maximum absolute atomic E-state index is 10.7. The van der Waals surface area contributed by atoms with Crippen molar-refractivity contribution < 1.29 is 46.7 Å². The van der Waals surface area contributed by atoms with Crippen molar-refractivity contribution in [3.8, 4) is 0 Å². The molecule has 4 nitrogen and oxygen atoms in total. The van der Waals surface area contributed by atoms with Crippen LogP contribution >= 0.6 is 0 Å². The molecule has 1 unspecified atom stereocenters. The van der Waals surface area contributed by atoms with E-state index in [2.05, 4.69) is 18.0 Å². The Morgan fingerprint density at radius 3 is 1.44 bits per heavy atom. The van der Waals surface area contributed by atoms with E-state index in [1.54, 1.807) is 0 Å². The van der Waals surface area contributed by atoms with Crippen LogP contribution in [0.3, 0.4) is 0 Å². The maximum Gasteiger partial charge on any atom is 1.00 e. The fourth-order valence-corrected chi connectivity index (χ4v) is 3.45. The summed E-state index contributed by atoms with van der Waals surface area (Å²) in [6.45, 7) is 4.49. The molecule has 0 saturated heterocycles. The first-order chi connectivity index (χ1) is 11.5. The predicted molar refractivity (Wildman–Crippen MR) is 99.7 cm³/mol. The van der Waals surface area contributed by atoms with E-state index >= 15 is 0 Å². The minimum absolute atomic E-state index is 0. The van der Waals surface area contributed by atoms with Crippen molar-refractivity contribution in [2.75, 3.05) is 6.61 Å². The molecule has 0 radical (unpaired) electrons.